The molecule has 3 rings (SSSR count). The smallest absolute Gasteiger partial charge is 0.346 e. The molecule has 0 unspecified atom stereocenters. The molecule has 0 heterocycles. The Kier molecular flexibility index (Phi) is 8.46. The van der Waals surface area contributed by atoms with E-state index in [4.69, 9.17) is 9.47 Å². The molecular weight excluding hydrogens is 461 g/mol. The van der Waals surface area contributed by atoms with Gasteiger partial charge in [-0.2, -0.15) is 4.39 Å². The van der Waals surface area contributed by atoms with Gasteiger partial charge in [-0.25, -0.2) is 18.4 Å². The van der Waals surface area contributed by atoms with E-state index in [1.807, 2.05) is 0 Å². The zero-order valence-corrected chi connectivity index (χ0v) is 20.2. The fourth-order valence-corrected chi connectivity index (χ4v) is 4.86. The number of ether oxygens (including phenoxy) is 2. The number of carbonyl (C=O) groups excluding carboxylic acids is 1. The van der Waals surface area contributed by atoms with Gasteiger partial charge >= 0.3 is 11.9 Å². The number of benzene rings is 2. The van der Waals surface area contributed by atoms with Crippen LogP contribution in [0.5, 0.6) is 11.5 Å². The molecule has 0 radical (unpaired) electrons. The molecular formula is C27H31F3O5. The summed E-state index contributed by atoms with van der Waals surface area (Å²) < 4.78 is 53.9. The first-order chi connectivity index (χ1) is 16.6. The van der Waals surface area contributed by atoms with Gasteiger partial charge in [0.1, 0.15) is 5.75 Å². The Morgan fingerprint density at radius 2 is 1.66 bits per heavy atom. The van der Waals surface area contributed by atoms with E-state index in [0.29, 0.717) is 32.1 Å². The number of esters is 1. The number of carbonyl (C=O) groups is 2. The summed E-state index contributed by atoms with van der Waals surface area (Å²) in [6.07, 6.45) is 2.69. The van der Waals surface area contributed by atoms with Gasteiger partial charge in [0.15, 0.2) is 11.6 Å². The molecule has 1 N–H and O–H groups in total. The molecule has 5 nitrogen and oxygen atoms in total. The molecule has 2 aromatic carbocycles. The highest BCUT2D eigenvalue weighted by Crippen LogP contribution is 2.45. The summed E-state index contributed by atoms with van der Waals surface area (Å²) in [5, 5.41) is 9.56. The molecule has 0 spiro atoms. The first-order valence-electron chi connectivity index (χ1n) is 12.0. The van der Waals surface area contributed by atoms with Crippen molar-refractivity contribution < 1.29 is 37.3 Å². The van der Waals surface area contributed by atoms with Crippen molar-refractivity contribution in [2.75, 3.05) is 6.61 Å². The molecule has 8 heteroatoms. The summed E-state index contributed by atoms with van der Waals surface area (Å²) in [5.41, 5.74) is -1.81. The number of carboxylic acids is 1. The lowest BCUT2D eigenvalue weighted by molar-refractivity contribution is -0.161. The van der Waals surface area contributed by atoms with Crippen molar-refractivity contribution in [2.24, 2.45) is 11.8 Å². The van der Waals surface area contributed by atoms with Crippen molar-refractivity contribution in [2.45, 2.75) is 64.5 Å². The Balaban J connectivity index is 1.64. The van der Waals surface area contributed by atoms with Crippen molar-refractivity contribution in [3.63, 3.8) is 0 Å². The van der Waals surface area contributed by atoms with E-state index < -0.39 is 46.6 Å². The second-order valence-electron chi connectivity index (χ2n) is 9.06. The molecule has 1 aliphatic carbocycles. The molecule has 190 valence electrons. The third kappa shape index (κ3) is 5.46. The first kappa shape index (κ1) is 26.6. The predicted molar refractivity (Wildman–Crippen MR) is 125 cm³/mol. The SMILES string of the molecule is CCOc1ccc(C(=O)Oc2ccc([C@H]3CC[C@H]([C@](F)(C(=O)O)[C@@H](C)CC)CC3)cc2)c(F)c1F. The molecule has 2 atom stereocenters. The van der Waals surface area contributed by atoms with Crippen LogP contribution in [0.1, 0.15) is 74.7 Å². The summed E-state index contributed by atoms with van der Waals surface area (Å²) in [5.74, 6) is -6.08. The molecule has 35 heavy (non-hydrogen) atoms. The molecule has 0 saturated heterocycles. The highest BCUT2D eigenvalue weighted by atomic mass is 19.2. The quantitative estimate of drug-likeness (QED) is 0.312. The van der Waals surface area contributed by atoms with Crippen LogP contribution in [0.25, 0.3) is 0 Å². The Morgan fingerprint density at radius 1 is 1.03 bits per heavy atom. The molecule has 0 amide bonds. The Hall–Kier alpha value is -3.03. The maximum atomic E-state index is 15.4. The monoisotopic (exact) mass is 492 g/mol. The number of halogens is 3. The van der Waals surface area contributed by atoms with E-state index in [0.717, 1.165) is 11.6 Å². The maximum absolute atomic E-state index is 15.4. The first-order valence-corrected chi connectivity index (χ1v) is 12.0. The third-order valence-corrected chi connectivity index (χ3v) is 7.11. The van der Waals surface area contributed by atoms with Gasteiger partial charge in [0.25, 0.3) is 0 Å². The van der Waals surface area contributed by atoms with Gasteiger partial charge in [0.2, 0.25) is 11.5 Å². The van der Waals surface area contributed by atoms with Crippen LogP contribution >= 0.6 is 0 Å². The van der Waals surface area contributed by atoms with Crippen LogP contribution in [-0.2, 0) is 4.79 Å². The Morgan fingerprint density at radius 3 is 2.20 bits per heavy atom. The maximum Gasteiger partial charge on any atom is 0.346 e. The molecule has 1 saturated carbocycles. The summed E-state index contributed by atoms with van der Waals surface area (Å²) in [6.45, 7) is 5.22. The lowest BCUT2D eigenvalue weighted by Crippen LogP contribution is -2.48. The van der Waals surface area contributed by atoms with E-state index in [1.165, 1.54) is 6.07 Å². The second kappa shape index (κ2) is 11.1. The van der Waals surface area contributed by atoms with Crippen LogP contribution in [0.4, 0.5) is 13.2 Å². The van der Waals surface area contributed by atoms with Crippen LogP contribution in [0, 0.1) is 23.5 Å². The lowest BCUT2D eigenvalue weighted by Gasteiger charge is -2.39. The standard InChI is InChI=1S/C27H31F3O5/c1-4-16(3)27(30,26(32)33)19-10-6-17(7-11-19)18-8-12-20(13-9-18)35-25(31)21-14-15-22(34-5-2)24(29)23(21)28/h8-9,12-17,19H,4-7,10-11H2,1-3H3,(H,32,33)/t16-,17-,19-,27-/m0/s1. The lowest BCUT2D eigenvalue weighted by atomic mass is 9.68. The molecule has 0 bridgehead atoms. The van der Waals surface area contributed by atoms with Gasteiger partial charge in [-0.3, -0.25) is 0 Å². The zero-order valence-electron chi connectivity index (χ0n) is 20.2. The largest absolute Gasteiger partial charge is 0.491 e. The van der Waals surface area contributed by atoms with Gasteiger partial charge in [-0.1, -0.05) is 26.0 Å². The van der Waals surface area contributed by atoms with E-state index in [2.05, 4.69) is 0 Å². The number of aliphatic carboxylic acids is 1. The summed E-state index contributed by atoms with van der Waals surface area (Å²) in [7, 11) is 0. The van der Waals surface area contributed by atoms with Crippen molar-refractivity contribution in [1.82, 2.24) is 0 Å². The summed E-state index contributed by atoms with van der Waals surface area (Å²) in [6, 6.07) is 8.97. The Bertz CT molecular complexity index is 1050. The fourth-order valence-electron chi connectivity index (χ4n) is 4.86. The number of hydrogen-bond donors (Lipinski definition) is 1. The molecule has 1 aliphatic rings. The highest BCUT2D eigenvalue weighted by Gasteiger charge is 2.51. The second-order valence-corrected chi connectivity index (χ2v) is 9.06. The van der Waals surface area contributed by atoms with Crippen LogP contribution in [0.3, 0.4) is 0 Å². The molecule has 0 aliphatic heterocycles. The predicted octanol–water partition coefficient (Wildman–Crippen LogP) is 6.70. The highest BCUT2D eigenvalue weighted by molar-refractivity contribution is 5.91. The minimum Gasteiger partial charge on any atom is -0.491 e. The van der Waals surface area contributed by atoms with E-state index in [1.54, 1.807) is 45.0 Å². The van der Waals surface area contributed by atoms with Gasteiger partial charge in [-0.15, -0.1) is 0 Å². The van der Waals surface area contributed by atoms with Crippen molar-refractivity contribution in [3.05, 3.63) is 59.2 Å². The van der Waals surface area contributed by atoms with Crippen LogP contribution < -0.4 is 9.47 Å². The van der Waals surface area contributed by atoms with Gasteiger partial charge in [0, 0.05) is 11.8 Å². The zero-order chi connectivity index (χ0) is 25.8. The van der Waals surface area contributed by atoms with Crippen molar-refractivity contribution in [3.8, 4) is 11.5 Å². The van der Waals surface area contributed by atoms with Gasteiger partial charge in [-0.05, 0) is 74.8 Å². The van der Waals surface area contributed by atoms with E-state index >= 15 is 4.39 Å². The topological polar surface area (TPSA) is 72.8 Å². The molecule has 0 aromatic heterocycles. The normalized spacial score (nSPS) is 20.5. The van der Waals surface area contributed by atoms with Crippen molar-refractivity contribution >= 4 is 11.9 Å². The van der Waals surface area contributed by atoms with Crippen LogP contribution in [-0.4, -0.2) is 29.3 Å². The number of carboxylic acid groups (broad SMARTS) is 1. The van der Waals surface area contributed by atoms with E-state index in [9.17, 15) is 23.5 Å². The number of hydrogen-bond acceptors (Lipinski definition) is 4. The molecule has 2 aromatic rings. The Labute approximate surface area is 203 Å². The summed E-state index contributed by atoms with van der Waals surface area (Å²) in [4.78, 5) is 24.1. The van der Waals surface area contributed by atoms with Crippen LogP contribution in [0.2, 0.25) is 0 Å². The van der Waals surface area contributed by atoms with Crippen LogP contribution in [0.15, 0.2) is 36.4 Å². The minimum atomic E-state index is -2.23. The van der Waals surface area contributed by atoms with Gasteiger partial charge < -0.3 is 14.6 Å². The average molecular weight is 493 g/mol. The average Bonchev–Trinajstić information content (AvgIpc) is 2.86. The number of rotatable bonds is 9. The fraction of sp³-hybridized carbons (Fsp3) is 0.481. The minimum absolute atomic E-state index is 0.128. The molecule has 1 fully saturated rings. The third-order valence-electron chi connectivity index (χ3n) is 7.11. The van der Waals surface area contributed by atoms with E-state index in [-0.39, 0.29) is 24.0 Å². The summed E-state index contributed by atoms with van der Waals surface area (Å²) >= 11 is 0. The number of alkyl halides is 1. The van der Waals surface area contributed by atoms with Crippen molar-refractivity contribution in [1.29, 1.82) is 0 Å². The van der Waals surface area contributed by atoms with Gasteiger partial charge in [0.05, 0.1) is 12.2 Å².